The number of hydrogen-bond donors (Lipinski definition) is 1. The highest BCUT2D eigenvalue weighted by atomic mass is 16.2. The fourth-order valence-corrected chi connectivity index (χ4v) is 3.06. The lowest BCUT2D eigenvalue weighted by molar-refractivity contribution is -0.130. The van der Waals surface area contributed by atoms with E-state index in [4.69, 9.17) is 0 Å². The molecule has 2 fully saturated rings. The van der Waals surface area contributed by atoms with Gasteiger partial charge in [0.05, 0.1) is 0 Å². The van der Waals surface area contributed by atoms with Crippen molar-refractivity contribution in [2.75, 3.05) is 19.6 Å². The first-order valence-electron chi connectivity index (χ1n) is 6.68. The Hall–Kier alpha value is -0.570. The highest BCUT2D eigenvalue weighted by Crippen LogP contribution is 2.37. The summed E-state index contributed by atoms with van der Waals surface area (Å²) < 4.78 is 0. The quantitative estimate of drug-likeness (QED) is 0.787. The van der Waals surface area contributed by atoms with Gasteiger partial charge < -0.3 is 10.2 Å². The van der Waals surface area contributed by atoms with Gasteiger partial charge in [-0.25, -0.2) is 0 Å². The zero-order chi connectivity index (χ0) is 11.5. The fraction of sp³-hybridized carbons (Fsp3) is 0.923. The summed E-state index contributed by atoms with van der Waals surface area (Å²) in [6.45, 7) is 7.12. The molecule has 0 aromatic carbocycles. The zero-order valence-corrected chi connectivity index (χ0v) is 10.5. The van der Waals surface area contributed by atoms with E-state index in [2.05, 4.69) is 24.1 Å². The summed E-state index contributed by atoms with van der Waals surface area (Å²) >= 11 is 0. The van der Waals surface area contributed by atoms with E-state index >= 15 is 0 Å². The maximum absolute atomic E-state index is 11.9. The molecule has 1 N–H and O–H groups in total. The molecule has 1 amide bonds. The predicted molar refractivity (Wildman–Crippen MR) is 65.2 cm³/mol. The number of nitrogens with zero attached hydrogens (tertiary/aromatic N) is 1. The van der Waals surface area contributed by atoms with Crippen LogP contribution in [-0.2, 0) is 4.79 Å². The van der Waals surface area contributed by atoms with Gasteiger partial charge in [-0.05, 0) is 24.7 Å². The number of likely N-dealkylation sites (tertiary alicyclic amines) is 1. The molecule has 92 valence electrons. The van der Waals surface area contributed by atoms with Crippen LogP contribution in [0.15, 0.2) is 0 Å². The molecule has 0 spiro atoms. The Morgan fingerprint density at radius 2 is 1.94 bits per heavy atom. The summed E-state index contributed by atoms with van der Waals surface area (Å²) in [5, 5.41) is 3.30. The Kier molecular flexibility index (Phi) is 3.85. The van der Waals surface area contributed by atoms with Crippen LogP contribution < -0.4 is 5.32 Å². The molecular weight excluding hydrogens is 200 g/mol. The normalized spacial score (nSPS) is 28.8. The smallest absolute Gasteiger partial charge is 0.223 e. The zero-order valence-electron chi connectivity index (χ0n) is 10.5. The van der Waals surface area contributed by atoms with Crippen LogP contribution in [0.4, 0.5) is 0 Å². The van der Waals surface area contributed by atoms with Crippen molar-refractivity contribution in [2.45, 2.75) is 45.6 Å². The van der Waals surface area contributed by atoms with E-state index in [-0.39, 0.29) is 0 Å². The molecule has 0 radical (unpaired) electrons. The van der Waals surface area contributed by atoms with Gasteiger partial charge in [0.15, 0.2) is 0 Å². The lowest BCUT2D eigenvalue weighted by Crippen LogP contribution is -2.33. The third kappa shape index (κ3) is 2.76. The third-order valence-electron chi connectivity index (χ3n) is 3.97. The van der Waals surface area contributed by atoms with Gasteiger partial charge in [0.2, 0.25) is 5.91 Å². The van der Waals surface area contributed by atoms with Crippen LogP contribution >= 0.6 is 0 Å². The van der Waals surface area contributed by atoms with Crippen molar-refractivity contribution in [3.8, 4) is 0 Å². The average molecular weight is 224 g/mol. The van der Waals surface area contributed by atoms with Gasteiger partial charge in [-0.15, -0.1) is 0 Å². The van der Waals surface area contributed by atoms with E-state index in [9.17, 15) is 4.79 Å². The number of carbonyl (C=O) groups excluding carboxylic acids is 1. The summed E-state index contributed by atoms with van der Waals surface area (Å²) in [5.41, 5.74) is 0. The minimum Gasteiger partial charge on any atom is -0.342 e. The highest BCUT2D eigenvalue weighted by molar-refractivity contribution is 5.76. The number of rotatable bonds is 4. The minimum atomic E-state index is 0.350. The summed E-state index contributed by atoms with van der Waals surface area (Å²) in [6.07, 6.45) is 4.74. The maximum atomic E-state index is 11.9. The second-order valence-corrected chi connectivity index (χ2v) is 5.61. The number of fused-ring (bicyclic) bond motifs is 1. The summed E-state index contributed by atoms with van der Waals surface area (Å²) in [5.74, 6) is 1.99. The molecule has 16 heavy (non-hydrogen) atoms. The van der Waals surface area contributed by atoms with Crippen LogP contribution in [0.25, 0.3) is 0 Å². The molecule has 1 heterocycles. The monoisotopic (exact) mass is 224 g/mol. The van der Waals surface area contributed by atoms with Crippen LogP contribution in [-0.4, -0.2) is 36.5 Å². The van der Waals surface area contributed by atoms with Crippen molar-refractivity contribution in [3.63, 3.8) is 0 Å². The molecule has 1 aliphatic heterocycles. The SMILES string of the molecule is CC(C)NCCC(=O)N1CC2CCCC2C1. The molecule has 2 rings (SSSR count). The number of hydrogen-bond acceptors (Lipinski definition) is 2. The van der Waals surface area contributed by atoms with Gasteiger partial charge in [0.25, 0.3) is 0 Å². The summed E-state index contributed by atoms with van der Waals surface area (Å²) in [4.78, 5) is 14.0. The topological polar surface area (TPSA) is 32.3 Å². The van der Waals surface area contributed by atoms with E-state index in [0.29, 0.717) is 18.4 Å². The molecule has 2 aliphatic rings. The minimum absolute atomic E-state index is 0.350. The van der Waals surface area contributed by atoms with Gasteiger partial charge >= 0.3 is 0 Å². The summed E-state index contributed by atoms with van der Waals surface area (Å²) in [6, 6.07) is 0.478. The van der Waals surface area contributed by atoms with Crippen LogP contribution in [0.2, 0.25) is 0 Å². The van der Waals surface area contributed by atoms with E-state index < -0.39 is 0 Å². The number of nitrogens with one attached hydrogen (secondary N) is 1. The average Bonchev–Trinajstić information content (AvgIpc) is 2.75. The van der Waals surface area contributed by atoms with Crippen LogP contribution in [0, 0.1) is 11.8 Å². The number of carbonyl (C=O) groups is 1. The van der Waals surface area contributed by atoms with E-state index in [1.54, 1.807) is 0 Å². The van der Waals surface area contributed by atoms with Gasteiger partial charge in [0.1, 0.15) is 0 Å². The Balaban J connectivity index is 1.70. The van der Waals surface area contributed by atoms with E-state index in [1.165, 1.54) is 19.3 Å². The fourth-order valence-electron chi connectivity index (χ4n) is 3.06. The Morgan fingerprint density at radius 1 is 1.31 bits per heavy atom. The second-order valence-electron chi connectivity index (χ2n) is 5.61. The Bertz CT molecular complexity index is 240. The molecule has 2 atom stereocenters. The third-order valence-corrected chi connectivity index (χ3v) is 3.97. The Morgan fingerprint density at radius 3 is 2.50 bits per heavy atom. The first-order valence-corrected chi connectivity index (χ1v) is 6.68. The van der Waals surface area contributed by atoms with Crippen molar-refractivity contribution in [2.24, 2.45) is 11.8 Å². The molecule has 1 saturated heterocycles. The van der Waals surface area contributed by atoms with Gasteiger partial charge in [-0.2, -0.15) is 0 Å². The van der Waals surface area contributed by atoms with Crippen molar-refractivity contribution in [1.82, 2.24) is 10.2 Å². The molecule has 0 bridgehead atoms. The molecular formula is C13H24N2O. The summed E-state index contributed by atoms with van der Waals surface area (Å²) in [7, 11) is 0. The van der Waals surface area contributed by atoms with Crippen LogP contribution in [0.3, 0.4) is 0 Å². The molecule has 3 heteroatoms. The van der Waals surface area contributed by atoms with Gasteiger partial charge in [-0.1, -0.05) is 20.3 Å². The molecule has 1 saturated carbocycles. The van der Waals surface area contributed by atoms with Crippen molar-refractivity contribution >= 4 is 5.91 Å². The standard InChI is InChI=1S/C13H24N2O/c1-10(2)14-7-6-13(16)15-8-11-4-3-5-12(11)9-15/h10-12,14H,3-9H2,1-2H3. The highest BCUT2D eigenvalue weighted by Gasteiger charge is 2.37. The molecule has 2 unspecified atom stereocenters. The lowest BCUT2D eigenvalue weighted by atomic mass is 10.0. The first-order chi connectivity index (χ1) is 7.66. The van der Waals surface area contributed by atoms with Crippen molar-refractivity contribution in [1.29, 1.82) is 0 Å². The van der Waals surface area contributed by atoms with Crippen molar-refractivity contribution < 1.29 is 4.79 Å². The van der Waals surface area contributed by atoms with Gasteiger partial charge in [-0.3, -0.25) is 4.79 Å². The van der Waals surface area contributed by atoms with Crippen molar-refractivity contribution in [3.05, 3.63) is 0 Å². The second kappa shape index (κ2) is 5.17. The Labute approximate surface area is 98.6 Å². The molecule has 0 aromatic rings. The van der Waals surface area contributed by atoms with Gasteiger partial charge in [0, 0.05) is 32.1 Å². The first kappa shape index (κ1) is 11.9. The molecule has 1 aliphatic carbocycles. The maximum Gasteiger partial charge on any atom is 0.223 e. The lowest BCUT2D eigenvalue weighted by Gasteiger charge is -2.17. The van der Waals surface area contributed by atoms with E-state index in [0.717, 1.165) is 31.5 Å². The largest absolute Gasteiger partial charge is 0.342 e. The van der Waals surface area contributed by atoms with Crippen LogP contribution in [0.1, 0.15) is 39.5 Å². The van der Waals surface area contributed by atoms with E-state index in [1.807, 2.05) is 0 Å². The van der Waals surface area contributed by atoms with Crippen LogP contribution in [0.5, 0.6) is 0 Å². The predicted octanol–water partition coefficient (Wildman–Crippen LogP) is 1.63. The number of amides is 1. The molecule has 0 aromatic heterocycles. The molecule has 3 nitrogen and oxygen atoms in total.